The van der Waals surface area contributed by atoms with E-state index in [9.17, 15) is 8.42 Å². The quantitative estimate of drug-likeness (QED) is 0.847. The van der Waals surface area contributed by atoms with E-state index in [2.05, 4.69) is 17.4 Å². The second-order valence-corrected chi connectivity index (χ2v) is 8.05. The van der Waals surface area contributed by atoms with Gasteiger partial charge in [-0.1, -0.05) is 6.07 Å². The predicted octanol–water partition coefficient (Wildman–Crippen LogP) is 1.36. The highest BCUT2D eigenvalue weighted by Crippen LogP contribution is 2.34. The molecule has 1 N–H and O–H groups in total. The van der Waals surface area contributed by atoms with Gasteiger partial charge in [-0.15, -0.1) is 0 Å². The fraction of sp³-hybridized carbons (Fsp3) is 0.625. The third-order valence-electron chi connectivity index (χ3n) is 4.73. The lowest BCUT2D eigenvalue weighted by Gasteiger charge is -2.40. The van der Waals surface area contributed by atoms with E-state index in [1.165, 1.54) is 11.1 Å². The molecule has 5 nitrogen and oxygen atoms in total. The summed E-state index contributed by atoms with van der Waals surface area (Å²) in [4.78, 5) is 0. The molecule has 0 amide bonds. The molecular formula is C16H23NO4S. The van der Waals surface area contributed by atoms with Crippen molar-refractivity contribution in [2.45, 2.75) is 25.3 Å². The Morgan fingerprint density at radius 3 is 2.82 bits per heavy atom. The van der Waals surface area contributed by atoms with Gasteiger partial charge in [-0.2, -0.15) is 8.42 Å². The first-order chi connectivity index (χ1) is 10.4. The van der Waals surface area contributed by atoms with Crippen molar-refractivity contribution in [2.24, 2.45) is 11.8 Å². The van der Waals surface area contributed by atoms with E-state index in [0.29, 0.717) is 12.0 Å². The van der Waals surface area contributed by atoms with E-state index >= 15 is 0 Å². The number of hydrogen-bond acceptors (Lipinski definition) is 5. The van der Waals surface area contributed by atoms with Gasteiger partial charge in [0.15, 0.2) is 0 Å². The number of hydrogen-bond donors (Lipinski definition) is 1. The third-order valence-corrected chi connectivity index (χ3v) is 5.29. The summed E-state index contributed by atoms with van der Waals surface area (Å²) in [6.07, 6.45) is 4.16. The average Bonchev–Trinajstić information content (AvgIpc) is 2.49. The van der Waals surface area contributed by atoms with Gasteiger partial charge >= 0.3 is 0 Å². The van der Waals surface area contributed by atoms with E-state index in [4.69, 9.17) is 8.92 Å². The van der Waals surface area contributed by atoms with Gasteiger partial charge in [-0.3, -0.25) is 4.18 Å². The summed E-state index contributed by atoms with van der Waals surface area (Å²) in [6, 6.07) is 6.79. The summed E-state index contributed by atoms with van der Waals surface area (Å²) in [7, 11) is -1.67. The lowest BCUT2D eigenvalue weighted by atomic mass is 9.74. The molecule has 122 valence electrons. The molecule has 0 spiro atoms. The van der Waals surface area contributed by atoms with Crippen LogP contribution in [0.2, 0.25) is 0 Å². The van der Waals surface area contributed by atoms with E-state index < -0.39 is 10.1 Å². The molecule has 1 aromatic carbocycles. The largest absolute Gasteiger partial charge is 0.497 e. The van der Waals surface area contributed by atoms with Crippen LogP contribution in [-0.2, 0) is 27.1 Å². The maximum absolute atomic E-state index is 11.1. The zero-order valence-corrected chi connectivity index (χ0v) is 13.9. The number of nitrogens with one attached hydrogen (secondary N) is 1. The average molecular weight is 325 g/mol. The van der Waals surface area contributed by atoms with Gasteiger partial charge in [0.1, 0.15) is 5.75 Å². The molecule has 3 rings (SSSR count). The standard InChI is InChI=1S/C16H23NO4S/c1-20-15-4-3-12-8-16-14(6-13(12)7-15)5-11(9-17-16)10-21-22(2,18)19/h3-4,7,11,14,16-17H,5-6,8-10H2,1-2H3. The Morgan fingerprint density at radius 1 is 1.27 bits per heavy atom. The molecule has 2 aliphatic rings. The zero-order valence-electron chi connectivity index (χ0n) is 13.0. The predicted molar refractivity (Wildman–Crippen MR) is 84.6 cm³/mol. The molecule has 3 atom stereocenters. The summed E-state index contributed by atoms with van der Waals surface area (Å²) in [5, 5.41) is 3.57. The Bertz CT molecular complexity index is 644. The molecule has 22 heavy (non-hydrogen) atoms. The minimum atomic E-state index is -3.35. The maximum Gasteiger partial charge on any atom is 0.264 e. The number of piperidine rings is 1. The molecule has 0 saturated carbocycles. The van der Waals surface area contributed by atoms with Gasteiger partial charge in [-0.25, -0.2) is 0 Å². The molecule has 3 unspecified atom stereocenters. The molecule has 0 bridgehead atoms. The van der Waals surface area contributed by atoms with Crippen LogP contribution in [0.15, 0.2) is 18.2 Å². The number of ether oxygens (including phenoxy) is 1. The molecular weight excluding hydrogens is 302 g/mol. The Balaban J connectivity index is 1.67. The van der Waals surface area contributed by atoms with Crippen LogP contribution in [-0.4, -0.2) is 41.0 Å². The SMILES string of the molecule is COc1ccc2c(c1)CC1CC(COS(C)(=O)=O)CNC1C2. The van der Waals surface area contributed by atoms with Crippen LogP contribution in [0.1, 0.15) is 17.5 Å². The molecule has 1 heterocycles. The maximum atomic E-state index is 11.1. The zero-order chi connectivity index (χ0) is 15.7. The van der Waals surface area contributed by atoms with Crippen molar-refractivity contribution in [3.05, 3.63) is 29.3 Å². The van der Waals surface area contributed by atoms with E-state index in [1.54, 1.807) is 7.11 Å². The normalized spacial score (nSPS) is 27.8. The molecule has 1 saturated heterocycles. The summed E-state index contributed by atoms with van der Waals surface area (Å²) >= 11 is 0. The van der Waals surface area contributed by atoms with Gasteiger partial charge < -0.3 is 10.1 Å². The van der Waals surface area contributed by atoms with Gasteiger partial charge in [0.05, 0.1) is 20.0 Å². The summed E-state index contributed by atoms with van der Waals surface area (Å²) in [5.74, 6) is 1.68. The van der Waals surface area contributed by atoms with Crippen molar-refractivity contribution < 1.29 is 17.3 Å². The van der Waals surface area contributed by atoms with Crippen LogP contribution in [0, 0.1) is 11.8 Å². The first-order valence-corrected chi connectivity index (χ1v) is 9.50. The topological polar surface area (TPSA) is 64.6 Å². The van der Waals surface area contributed by atoms with Crippen LogP contribution < -0.4 is 10.1 Å². The molecule has 0 aromatic heterocycles. The van der Waals surface area contributed by atoms with Gasteiger partial charge in [0.2, 0.25) is 0 Å². The lowest BCUT2D eigenvalue weighted by molar-refractivity contribution is 0.153. The van der Waals surface area contributed by atoms with Crippen LogP contribution in [0.4, 0.5) is 0 Å². The summed E-state index contributed by atoms with van der Waals surface area (Å²) in [6.45, 7) is 1.10. The Labute approximate surface area is 132 Å². The second-order valence-electron chi connectivity index (χ2n) is 6.41. The monoisotopic (exact) mass is 325 g/mol. The van der Waals surface area contributed by atoms with Crippen LogP contribution in [0.3, 0.4) is 0 Å². The van der Waals surface area contributed by atoms with Crippen molar-refractivity contribution in [1.82, 2.24) is 5.32 Å². The minimum Gasteiger partial charge on any atom is -0.497 e. The van der Waals surface area contributed by atoms with Crippen LogP contribution in [0.5, 0.6) is 5.75 Å². The molecule has 1 aliphatic heterocycles. The highest BCUT2D eigenvalue weighted by atomic mass is 32.2. The van der Waals surface area contributed by atoms with Crippen molar-refractivity contribution in [1.29, 1.82) is 0 Å². The van der Waals surface area contributed by atoms with Crippen molar-refractivity contribution >= 4 is 10.1 Å². The molecule has 1 aliphatic carbocycles. The Morgan fingerprint density at radius 2 is 2.09 bits per heavy atom. The number of rotatable bonds is 4. The highest BCUT2D eigenvalue weighted by Gasteiger charge is 2.34. The first kappa shape index (κ1) is 15.8. The molecule has 0 radical (unpaired) electrons. The fourth-order valence-electron chi connectivity index (χ4n) is 3.61. The third kappa shape index (κ3) is 3.62. The van der Waals surface area contributed by atoms with E-state index in [-0.39, 0.29) is 12.5 Å². The number of fused-ring (bicyclic) bond motifs is 2. The minimum absolute atomic E-state index is 0.253. The van der Waals surface area contributed by atoms with Gasteiger partial charge in [0, 0.05) is 12.6 Å². The molecule has 1 aromatic rings. The lowest BCUT2D eigenvalue weighted by Crippen LogP contribution is -2.50. The fourth-order valence-corrected chi connectivity index (χ4v) is 4.05. The van der Waals surface area contributed by atoms with Gasteiger partial charge in [-0.05, 0) is 54.4 Å². The number of methoxy groups -OCH3 is 1. The highest BCUT2D eigenvalue weighted by molar-refractivity contribution is 7.85. The van der Waals surface area contributed by atoms with E-state index in [0.717, 1.165) is 37.8 Å². The van der Waals surface area contributed by atoms with Gasteiger partial charge in [0.25, 0.3) is 10.1 Å². The smallest absolute Gasteiger partial charge is 0.264 e. The number of benzene rings is 1. The van der Waals surface area contributed by atoms with Crippen molar-refractivity contribution in [3.63, 3.8) is 0 Å². The van der Waals surface area contributed by atoms with Crippen LogP contribution >= 0.6 is 0 Å². The molecule has 1 fully saturated rings. The van der Waals surface area contributed by atoms with Crippen molar-refractivity contribution in [2.75, 3.05) is 26.5 Å². The van der Waals surface area contributed by atoms with E-state index in [1.807, 2.05) is 6.07 Å². The first-order valence-electron chi connectivity index (χ1n) is 7.68. The second kappa shape index (κ2) is 6.18. The Kier molecular flexibility index (Phi) is 4.43. The Hall–Kier alpha value is -1.11. The summed E-state index contributed by atoms with van der Waals surface area (Å²) in [5.41, 5.74) is 2.74. The molecule has 6 heteroatoms. The van der Waals surface area contributed by atoms with Crippen molar-refractivity contribution in [3.8, 4) is 5.75 Å². The van der Waals surface area contributed by atoms with Crippen LogP contribution in [0.25, 0.3) is 0 Å². The summed E-state index contributed by atoms with van der Waals surface area (Å²) < 4.78 is 32.5.